The third kappa shape index (κ3) is 9.08. The maximum atomic E-state index is 15.0. The van der Waals surface area contributed by atoms with E-state index < -0.39 is 31.5 Å². The van der Waals surface area contributed by atoms with Gasteiger partial charge in [0, 0.05) is 30.5 Å². The molecular weight excluding hydrogens is 721 g/mol. The van der Waals surface area contributed by atoms with Crippen LogP contribution in [0, 0.1) is 6.92 Å². The Morgan fingerprint density at radius 1 is 0.964 bits per heavy atom. The number of fused-ring (bicyclic) bond motifs is 1. The van der Waals surface area contributed by atoms with Crippen molar-refractivity contribution in [1.82, 2.24) is 19.5 Å². The second kappa shape index (κ2) is 16.3. The van der Waals surface area contributed by atoms with Crippen LogP contribution in [-0.2, 0) is 22.2 Å². The van der Waals surface area contributed by atoms with Crippen LogP contribution in [-0.4, -0.2) is 63.6 Å². The number of hydrogen-bond acceptors (Lipinski definition) is 8. The molecule has 0 radical (unpaired) electrons. The van der Waals surface area contributed by atoms with Gasteiger partial charge in [-0.25, -0.2) is 13.8 Å². The van der Waals surface area contributed by atoms with Crippen molar-refractivity contribution in [2.75, 3.05) is 11.9 Å². The summed E-state index contributed by atoms with van der Waals surface area (Å²) in [6.07, 6.45) is -0.842. The largest absolute Gasteiger partial charge is 0.398 e. The quantitative estimate of drug-likeness (QED) is 0.0821. The summed E-state index contributed by atoms with van der Waals surface area (Å²) in [6, 6.07) is 28.2. The molecule has 3 aromatic heterocycles. The van der Waals surface area contributed by atoms with E-state index in [-0.39, 0.29) is 24.0 Å². The highest BCUT2D eigenvalue weighted by Crippen LogP contribution is 2.38. The number of benzene rings is 3. The fourth-order valence-corrected chi connectivity index (χ4v) is 11.3. The average Bonchev–Trinajstić information content (AvgIpc) is 3.80. The molecule has 6 aromatic rings. The van der Waals surface area contributed by atoms with Gasteiger partial charge in [0.2, 0.25) is 0 Å². The molecule has 1 unspecified atom stereocenters. The molecule has 0 spiro atoms. The Morgan fingerprint density at radius 2 is 1.64 bits per heavy atom. The zero-order valence-electron chi connectivity index (χ0n) is 31.9. The number of nitrogens with one attached hydrogen (secondary N) is 1. The monoisotopic (exact) mass is 767 g/mol. The van der Waals surface area contributed by atoms with Crippen LogP contribution in [0.1, 0.15) is 68.5 Å². The summed E-state index contributed by atoms with van der Waals surface area (Å²) in [5.41, 5.74) is 2.80. The number of nitrogens with zero attached hydrogens (tertiary/aromatic N) is 4. The Labute approximate surface area is 320 Å². The van der Waals surface area contributed by atoms with Gasteiger partial charge in [-0.05, 0) is 78.0 Å². The normalized spacial score (nSPS) is 13.1. The third-order valence-corrected chi connectivity index (χ3v) is 14.6. The first-order chi connectivity index (χ1) is 26.1. The Hall–Kier alpha value is -5.08. The Morgan fingerprint density at radius 3 is 2.25 bits per heavy atom. The minimum Gasteiger partial charge on any atom is -0.398 e. The first-order valence-corrected chi connectivity index (χ1v) is 20.1. The SMILES string of the molecule is Cc1ccc(-c2nc(CC(O[Si](c3ccccc3)(c3ccccc3)C(C)(C)C)C(F)F)no2)cc1NC(=O)c1cnc2cc(COCCC(C)(C)O)ccn12. The fourth-order valence-electron chi connectivity index (χ4n) is 6.60. The van der Waals surface area contributed by atoms with E-state index in [4.69, 9.17) is 13.7 Å². The second-order valence-corrected chi connectivity index (χ2v) is 19.6. The van der Waals surface area contributed by atoms with Gasteiger partial charge in [0.05, 0.1) is 18.4 Å². The van der Waals surface area contributed by atoms with Crippen LogP contribution in [0.15, 0.2) is 108 Å². The summed E-state index contributed by atoms with van der Waals surface area (Å²) < 4.78 is 49.7. The third-order valence-electron chi connectivity index (χ3n) is 9.55. The molecule has 1 amide bonds. The number of imidazole rings is 1. The first-order valence-electron chi connectivity index (χ1n) is 18.2. The van der Waals surface area contributed by atoms with Gasteiger partial charge in [0.1, 0.15) is 17.4 Å². The van der Waals surface area contributed by atoms with E-state index in [2.05, 4.69) is 20.4 Å². The molecule has 6 rings (SSSR count). The van der Waals surface area contributed by atoms with Crippen molar-refractivity contribution in [1.29, 1.82) is 0 Å². The number of aromatic nitrogens is 4. The van der Waals surface area contributed by atoms with Gasteiger partial charge in [-0.2, -0.15) is 4.98 Å². The summed E-state index contributed by atoms with van der Waals surface area (Å²) in [4.78, 5) is 22.4. The summed E-state index contributed by atoms with van der Waals surface area (Å²) >= 11 is 0. The highest BCUT2D eigenvalue weighted by atomic mass is 28.4. The Balaban J connectivity index is 1.19. The number of amides is 1. The zero-order chi connectivity index (χ0) is 39.4. The molecule has 0 saturated heterocycles. The molecule has 3 heterocycles. The van der Waals surface area contributed by atoms with Crippen LogP contribution in [0.25, 0.3) is 17.1 Å². The predicted molar refractivity (Wildman–Crippen MR) is 210 cm³/mol. The molecule has 0 aliphatic rings. The zero-order valence-corrected chi connectivity index (χ0v) is 32.9. The minimum absolute atomic E-state index is 0.0807. The van der Waals surface area contributed by atoms with E-state index >= 15 is 0 Å². The van der Waals surface area contributed by atoms with E-state index in [1.807, 2.05) is 107 Å². The van der Waals surface area contributed by atoms with Crippen molar-refractivity contribution < 1.29 is 32.4 Å². The molecule has 2 N–H and O–H groups in total. The predicted octanol–water partition coefficient (Wildman–Crippen LogP) is 7.38. The molecule has 0 bridgehead atoms. The fraction of sp³-hybridized carbons (Fsp3) is 0.333. The molecular formula is C42H47F2N5O5Si. The number of aryl methyl sites for hydroxylation is 1. The molecule has 3 aromatic carbocycles. The average molecular weight is 768 g/mol. The number of ether oxygens (including phenoxy) is 1. The molecule has 10 nitrogen and oxygen atoms in total. The molecule has 288 valence electrons. The Kier molecular flexibility index (Phi) is 11.8. The van der Waals surface area contributed by atoms with Crippen molar-refractivity contribution in [3.05, 3.63) is 126 Å². The van der Waals surface area contributed by atoms with Crippen LogP contribution in [0.2, 0.25) is 5.04 Å². The molecule has 13 heteroatoms. The number of halogens is 2. The number of carbonyl (C=O) groups excluding carboxylic acids is 1. The number of anilines is 1. The van der Waals surface area contributed by atoms with Gasteiger partial charge in [0.15, 0.2) is 5.82 Å². The van der Waals surface area contributed by atoms with Crippen LogP contribution in [0.5, 0.6) is 0 Å². The number of pyridine rings is 1. The van der Waals surface area contributed by atoms with Crippen LogP contribution >= 0.6 is 0 Å². The van der Waals surface area contributed by atoms with Crippen molar-refractivity contribution in [2.24, 2.45) is 0 Å². The maximum Gasteiger partial charge on any atom is 0.274 e. The topological polar surface area (TPSA) is 124 Å². The molecule has 0 fully saturated rings. The number of carbonyl (C=O) groups is 1. The first kappa shape index (κ1) is 39.6. The van der Waals surface area contributed by atoms with Gasteiger partial charge < -0.3 is 24.1 Å². The van der Waals surface area contributed by atoms with Gasteiger partial charge in [-0.1, -0.05) is 92.7 Å². The standard InChI is InChI=1S/C42H47F2N5O5Si/c1-28-17-18-30(24-33(28)46-39(50)34-26-45-37-23-29(19-21-49(34)37)27-52-22-20-42(5,6)51)40-47-36(48-53-40)25-35(38(43)44)54-55(41(2,3)4,31-13-9-7-10-14-31)32-15-11-8-12-16-32/h7-19,21,23-24,26,35,38,51H,20,22,25,27H2,1-6H3,(H,46,50). The summed E-state index contributed by atoms with van der Waals surface area (Å²) in [5, 5.41) is 18.2. The smallest absolute Gasteiger partial charge is 0.274 e. The maximum absolute atomic E-state index is 15.0. The van der Waals surface area contributed by atoms with Crippen LogP contribution in [0.4, 0.5) is 14.5 Å². The molecule has 0 saturated carbocycles. The number of rotatable bonds is 15. The lowest BCUT2D eigenvalue weighted by molar-refractivity contribution is 0.00505. The molecule has 1 atom stereocenters. The van der Waals surface area contributed by atoms with Gasteiger partial charge in [-0.3, -0.25) is 9.20 Å². The van der Waals surface area contributed by atoms with E-state index in [1.165, 1.54) is 6.20 Å². The van der Waals surface area contributed by atoms with Crippen molar-refractivity contribution >= 4 is 35.9 Å². The lowest BCUT2D eigenvalue weighted by atomic mass is 10.1. The minimum atomic E-state index is -3.30. The number of hydrogen-bond donors (Lipinski definition) is 2. The Bertz CT molecular complexity index is 2180. The summed E-state index contributed by atoms with van der Waals surface area (Å²) in [6.45, 7) is 12.2. The highest BCUT2D eigenvalue weighted by molar-refractivity contribution is 6.99. The van der Waals surface area contributed by atoms with E-state index in [1.54, 1.807) is 36.6 Å². The number of aliphatic hydroxyl groups is 1. The summed E-state index contributed by atoms with van der Waals surface area (Å²) in [7, 11) is -3.30. The van der Waals surface area contributed by atoms with Crippen molar-refractivity contribution in [3.63, 3.8) is 0 Å². The lowest BCUT2D eigenvalue weighted by Gasteiger charge is -2.45. The second-order valence-electron chi connectivity index (χ2n) is 15.4. The summed E-state index contributed by atoms with van der Waals surface area (Å²) in [5.74, 6) is -0.179. The van der Waals surface area contributed by atoms with Gasteiger partial charge in [-0.15, -0.1) is 0 Å². The van der Waals surface area contributed by atoms with E-state index in [0.717, 1.165) is 21.5 Å². The van der Waals surface area contributed by atoms with Gasteiger partial charge >= 0.3 is 0 Å². The van der Waals surface area contributed by atoms with E-state index in [0.29, 0.717) is 42.2 Å². The molecule has 0 aliphatic carbocycles. The molecule has 0 aliphatic heterocycles. The highest BCUT2D eigenvalue weighted by Gasteiger charge is 2.52. The molecule has 55 heavy (non-hydrogen) atoms. The number of alkyl halides is 2. The van der Waals surface area contributed by atoms with Crippen molar-refractivity contribution in [2.45, 2.75) is 84.2 Å². The van der Waals surface area contributed by atoms with E-state index in [9.17, 15) is 18.7 Å². The lowest BCUT2D eigenvalue weighted by Crippen LogP contribution is -2.68. The van der Waals surface area contributed by atoms with Gasteiger partial charge in [0.25, 0.3) is 26.5 Å². The van der Waals surface area contributed by atoms with Crippen LogP contribution < -0.4 is 15.7 Å². The van der Waals surface area contributed by atoms with Crippen LogP contribution in [0.3, 0.4) is 0 Å². The van der Waals surface area contributed by atoms with Crippen molar-refractivity contribution in [3.8, 4) is 11.5 Å².